The van der Waals surface area contributed by atoms with E-state index in [0.29, 0.717) is 27.1 Å². The summed E-state index contributed by atoms with van der Waals surface area (Å²) < 4.78 is 10.9. The van der Waals surface area contributed by atoms with Gasteiger partial charge in [-0.3, -0.25) is 4.98 Å². The predicted molar refractivity (Wildman–Crippen MR) is 118 cm³/mol. The smallest absolute Gasteiger partial charge is 0.346 e. The molecule has 5 rings (SSSR count). The number of hydrogen-bond donors (Lipinski definition) is 0. The molecule has 3 heterocycles. The van der Waals surface area contributed by atoms with Gasteiger partial charge in [-0.2, -0.15) is 0 Å². The normalized spacial score (nSPS) is 10.8. The number of ether oxygens (including phenoxy) is 1. The summed E-state index contributed by atoms with van der Waals surface area (Å²) in [5, 5.41) is 3.20. The van der Waals surface area contributed by atoms with Crippen molar-refractivity contribution < 1.29 is 13.9 Å². The van der Waals surface area contributed by atoms with E-state index in [4.69, 9.17) is 9.15 Å². The standard InChI is InChI=1S/C24H14N2O4S/c27-23(17-7-4-10-25-13-17)29-18-9-8-16-11-19(24(28)30-21(16)12-18)22-26-20(14-31-22)15-5-2-1-3-6-15/h1-14H. The molecule has 5 aromatic rings. The molecule has 0 radical (unpaired) electrons. The summed E-state index contributed by atoms with van der Waals surface area (Å²) in [5.41, 5.74) is 2.33. The van der Waals surface area contributed by atoms with Crippen molar-refractivity contribution in [3.8, 4) is 27.6 Å². The lowest BCUT2D eigenvalue weighted by molar-refractivity contribution is 0.0734. The van der Waals surface area contributed by atoms with Gasteiger partial charge >= 0.3 is 11.6 Å². The van der Waals surface area contributed by atoms with Gasteiger partial charge < -0.3 is 9.15 Å². The average Bonchev–Trinajstić information content (AvgIpc) is 3.30. The van der Waals surface area contributed by atoms with Gasteiger partial charge in [0.1, 0.15) is 16.3 Å². The molecule has 2 aromatic carbocycles. The molecule has 0 atom stereocenters. The predicted octanol–water partition coefficient (Wildman–Crippen LogP) is 5.20. The Morgan fingerprint density at radius 1 is 1.00 bits per heavy atom. The molecule has 0 aliphatic rings. The third-order valence-corrected chi connectivity index (χ3v) is 5.49. The third-order valence-electron chi connectivity index (χ3n) is 4.62. The molecule has 0 bridgehead atoms. The Bertz CT molecular complexity index is 1440. The second-order valence-electron chi connectivity index (χ2n) is 6.68. The highest BCUT2D eigenvalue weighted by atomic mass is 32.1. The quantitative estimate of drug-likeness (QED) is 0.223. The fourth-order valence-electron chi connectivity index (χ4n) is 3.09. The molecular formula is C24H14N2O4S. The first-order valence-corrected chi connectivity index (χ1v) is 10.3. The number of pyridine rings is 1. The van der Waals surface area contributed by atoms with Gasteiger partial charge in [-0.15, -0.1) is 11.3 Å². The second kappa shape index (κ2) is 7.97. The number of rotatable bonds is 4. The number of benzene rings is 2. The van der Waals surface area contributed by atoms with Crippen LogP contribution in [-0.2, 0) is 0 Å². The van der Waals surface area contributed by atoms with Gasteiger partial charge in [0.25, 0.3) is 0 Å². The van der Waals surface area contributed by atoms with Crippen molar-refractivity contribution in [2.45, 2.75) is 0 Å². The highest BCUT2D eigenvalue weighted by molar-refractivity contribution is 7.13. The lowest BCUT2D eigenvalue weighted by atomic mass is 10.1. The summed E-state index contributed by atoms with van der Waals surface area (Å²) in [7, 11) is 0. The van der Waals surface area contributed by atoms with E-state index in [2.05, 4.69) is 9.97 Å². The van der Waals surface area contributed by atoms with Gasteiger partial charge in [0.2, 0.25) is 0 Å². The molecule has 6 nitrogen and oxygen atoms in total. The molecule has 0 spiro atoms. The average molecular weight is 426 g/mol. The van der Waals surface area contributed by atoms with Crippen molar-refractivity contribution in [2.75, 3.05) is 0 Å². The zero-order valence-electron chi connectivity index (χ0n) is 16.0. The Morgan fingerprint density at radius 3 is 2.68 bits per heavy atom. The molecular weight excluding hydrogens is 412 g/mol. The maximum Gasteiger partial charge on any atom is 0.346 e. The minimum Gasteiger partial charge on any atom is -0.423 e. The summed E-state index contributed by atoms with van der Waals surface area (Å²) >= 11 is 1.38. The monoisotopic (exact) mass is 426 g/mol. The van der Waals surface area contributed by atoms with Crippen molar-refractivity contribution >= 4 is 28.3 Å². The van der Waals surface area contributed by atoms with Crippen LogP contribution in [0.1, 0.15) is 10.4 Å². The number of fused-ring (bicyclic) bond motifs is 1. The number of esters is 1. The summed E-state index contributed by atoms with van der Waals surface area (Å²) in [6.45, 7) is 0. The van der Waals surface area contributed by atoms with Crippen molar-refractivity contribution in [1.29, 1.82) is 0 Å². The molecule has 0 N–H and O–H groups in total. The molecule has 0 aliphatic heterocycles. The lowest BCUT2D eigenvalue weighted by Crippen LogP contribution is -2.08. The SMILES string of the molecule is O=C(Oc1ccc2cc(-c3nc(-c4ccccc4)cs3)c(=O)oc2c1)c1cccnc1. The van der Waals surface area contributed by atoms with Crippen molar-refractivity contribution in [1.82, 2.24) is 9.97 Å². The number of carbonyl (C=O) groups excluding carboxylic acids is 1. The van der Waals surface area contributed by atoms with E-state index < -0.39 is 11.6 Å². The van der Waals surface area contributed by atoms with Gasteiger partial charge in [-0.1, -0.05) is 30.3 Å². The summed E-state index contributed by atoms with van der Waals surface area (Å²) in [5.74, 6) is -0.263. The van der Waals surface area contributed by atoms with Crippen LogP contribution in [0.2, 0.25) is 0 Å². The Labute approximate surface area is 180 Å². The van der Waals surface area contributed by atoms with E-state index in [0.717, 1.165) is 11.3 Å². The first-order chi connectivity index (χ1) is 15.2. The van der Waals surface area contributed by atoms with Crippen LogP contribution < -0.4 is 10.4 Å². The largest absolute Gasteiger partial charge is 0.423 e. The summed E-state index contributed by atoms with van der Waals surface area (Å²) in [6, 6.07) is 19.7. The van der Waals surface area contributed by atoms with Crippen LogP contribution in [0.5, 0.6) is 5.75 Å². The van der Waals surface area contributed by atoms with Gasteiger partial charge in [0.15, 0.2) is 0 Å². The zero-order valence-corrected chi connectivity index (χ0v) is 16.8. The molecule has 150 valence electrons. The molecule has 0 unspecified atom stereocenters. The van der Waals surface area contributed by atoms with Gasteiger partial charge in [0, 0.05) is 34.8 Å². The molecule has 0 saturated carbocycles. The van der Waals surface area contributed by atoms with E-state index in [-0.39, 0.29) is 5.75 Å². The number of carbonyl (C=O) groups is 1. The van der Waals surface area contributed by atoms with Gasteiger partial charge in [-0.05, 0) is 30.3 Å². The van der Waals surface area contributed by atoms with Crippen LogP contribution in [0.4, 0.5) is 0 Å². The number of nitrogens with zero attached hydrogens (tertiary/aromatic N) is 2. The highest BCUT2D eigenvalue weighted by Gasteiger charge is 2.14. The van der Waals surface area contributed by atoms with Crippen molar-refractivity contribution in [3.63, 3.8) is 0 Å². The second-order valence-corrected chi connectivity index (χ2v) is 7.54. The Balaban J connectivity index is 1.45. The van der Waals surface area contributed by atoms with E-state index in [9.17, 15) is 9.59 Å². The zero-order chi connectivity index (χ0) is 21.2. The highest BCUT2D eigenvalue weighted by Crippen LogP contribution is 2.29. The van der Waals surface area contributed by atoms with Crippen molar-refractivity contribution in [3.05, 3.63) is 100 Å². The van der Waals surface area contributed by atoms with Crippen LogP contribution in [0.15, 0.2) is 93.7 Å². The van der Waals surface area contributed by atoms with E-state index in [1.807, 2.05) is 35.7 Å². The first-order valence-electron chi connectivity index (χ1n) is 9.39. The molecule has 0 amide bonds. The van der Waals surface area contributed by atoms with Crippen LogP contribution in [0.25, 0.3) is 32.8 Å². The fourth-order valence-corrected chi connectivity index (χ4v) is 3.92. The molecule has 0 saturated heterocycles. The minimum atomic E-state index is -0.539. The van der Waals surface area contributed by atoms with E-state index >= 15 is 0 Å². The topological polar surface area (TPSA) is 82.3 Å². The van der Waals surface area contributed by atoms with Gasteiger partial charge in [0.05, 0.1) is 16.8 Å². The van der Waals surface area contributed by atoms with Crippen molar-refractivity contribution in [2.24, 2.45) is 0 Å². The molecule has 0 aliphatic carbocycles. The summed E-state index contributed by atoms with van der Waals surface area (Å²) in [4.78, 5) is 33.3. The third kappa shape index (κ3) is 3.86. The Kier molecular flexibility index (Phi) is 4.86. The van der Waals surface area contributed by atoms with E-state index in [1.54, 1.807) is 36.5 Å². The minimum absolute atomic E-state index is 0.276. The van der Waals surface area contributed by atoms with Gasteiger partial charge in [-0.25, -0.2) is 14.6 Å². The van der Waals surface area contributed by atoms with Crippen LogP contribution >= 0.6 is 11.3 Å². The molecule has 31 heavy (non-hydrogen) atoms. The lowest BCUT2D eigenvalue weighted by Gasteiger charge is -2.05. The Morgan fingerprint density at radius 2 is 1.87 bits per heavy atom. The summed E-state index contributed by atoms with van der Waals surface area (Å²) in [6.07, 6.45) is 3.00. The molecule has 3 aromatic heterocycles. The fraction of sp³-hybridized carbons (Fsp3) is 0. The number of aromatic nitrogens is 2. The maximum absolute atomic E-state index is 12.6. The van der Waals surface area contributed by atoms with Crippen LogP contribution in [0.3, 0.4) is 0 Å². The number of hydrogen-bond acceptors (Lipinski definition) is 7. The molecule has 7 heteroatoms. The van der Waals surface area contributed by atoms with E-state index in [1.165, 1.54) is 23.6 Å². The van der Waals surface area contributed by atoms with Crippen LogP contribution in [0, 0.1) is 0 Å². The maximum atomic E-state index is 12.6. The first kappa shape index (κ1) is 18.9. The Hall–Kier alpha value is -4.10. The van der Waals surface area contributed by atoms with Crippen LogP contribution in [-0.4, -0.2) is 15.9 Å². The molecule has 0 fully saturated rings. The number of thiazole rings is 1.